The molecule has 0 bridgehead atoms. The first kappa shape index (κ1) is 42.9. The lowest BCUT2D eigenvalue weighted by molar-refractivity contribution is -0.122. The Morgan fingerprint density at radius 2 is 1.88 bits per heavy atom. The molecule has 20 heteroatoms. The molecule has 1 aliphatic heterocycles. The van der Waals surface area contributed by atoms with Crippen LogP contribution in [0.15, 0.2) is 42.5 Å². The number of amides is 2. The maximum atomic E-state index is 15.1. The maximum Gasteiger partial charge on any atom is 0.411 e. The summed E-state index contributed by atoms with van der Waals surface area (Å²) in [5.74, 6) is 5.02. The van der Waals surface area contributed by atoms with Crippen LogP contribution in [-0.4, -0.2) is 76.5 Å². The number of hydrogen-bond acceptors (Lipinski definition) is 7. The summed E-state index contributed by atoms with van der Waals surface area (Å²) in [5, 5.41) is 12.3. The highest BCUT2D eigenvalue weighted by atomic mass is 35.5. The standard InChI is InChI=1S/C40H39ClF5N8O4PS/c1-39(2,53-14-15-58-38(53)56)12-10-23-6-7-25(26-8-9-28(41)31-34(26)52(3)50-37(31)51-60(4,5)57)32(47-23)29(18-21-16-22(42)19-24(59)17-21)48-30(55)20-54-35-27(11-13-40(35,45)46)33(49-54)36(43)44/h6-9,16-17,19,29,36H,4,11,13-15,18,20,59H2,1-3,5H3,(H,48,55)(H,50,51,57)/t29-,60?/m0/s1. The summed E-state index contributed by atoms with van der Waals surface area (Å²) in [5.41, 5.74) is -0.685. The predicted octanol–water partition coefficient (Wildman–Crippen LogP) is 6.46. The molecule has 2 amide bonds. The van der Waals surface area contributed by atoms with Crippen molar-refractivity contribution < 1.29 is 40.5 Å². The van der Waals surface area contributed by atoms with Gasteiger partial charge in [-0.05, 0) is 79.7 Å². The van der Waals surface area contributed by atoms with Crippen LogP contribution in [0.2, 0.25) is 5.02 Å². The van der Waals surface area contributed by atoms with E-state index in [0.29, 0.717) is 44.1 Å². The molecule has 0 spiro atoms. The lowest BCUT2D eigenvalue weighted by Crippen LogP contribution is -2.43. The van der Waals surface area contributed by atoms with Crippen LogP contribution in [0.5, 0.6) is 0 Å². The van der Waals surface area contributed by atoms with Crippen LogP contribution < -0.4 is 15.3 Å². The minimum Gasteiger partial charge on any atom is -0.447 e. The van der Waals surface area contributed by atoms with Crippen LogP contribution in [0.4, 0.5) is 32.6 Å². The topological polar surface area (TPSA) is 136 Å². The Morgan fingerprint density at radius 1 is 1.15 bits per heavy atom. The second kappa shape index (κ2) is 16.0. The molecule has 4 heterocycles. The lowest BCUT2D eigenvalue weighted by Gasteiger charge is -2.27. The molecule has 2 N–H and O–H groups in total. The number of fused-ring (bicyclic) bond motifs is 2. The van der Waals surface area contributed by atoms with E-state index in [-0.39, 0.29) is 47.2 Å². The molecule has 0 radical (unpaired) electrons. The molecule has 0 saturated carbocycles. The van der Waals surface area contributed by atoms with E-state index in [0.717, 1.165) is 0 Å². The van der Waals surface area contributed by atoms with Gasteiger partial charge >= 0.3 is 6.09 Å². The van der Waals surface area contributed by atoms with Crippen LogP contribution >= 0.6 is 20.8 Å². The average Bonchev–Trinajstić information content (AvgIpc) is 3.90. The Kier molecular flexibility index (Phi) is 11.4. The van der Waals surface area contributed by atoms with E-state index in [1.807, 2.05) is 0 Å². The first-order valence-corrected chi connectivity index (χ1v) is 21.6. The van der Waals surface area contributed by atoms with E-state index >= 15 is 8.78 Å². The Morgan fingerprint density at radius 3 is 2.55 bits per heavy atom. The summed E-state index contributed by atoms with van der Waals surface area (Å²) in [7, 11) is 1.23. The van der Waals surface area contributed by atoms with Gasteiger partial charge in [0.05, 0.1) is 34.2 Å². The second-order valence-electron chi connectivity index (χ2n) is 15.2. The highest BCUT2D eigenvalue weighted by Gasteiger charge is 2.46. The number of aryl methyl sites for hydroxylation is 1. The normalized spacial score (nSPS) is 16.3. The third-order valence-electron chi connectivity index (χ3n) is 10.1. The maximum absolute atomic E-state index is 15.1. The van der Waals surface area contributed by atoms with Crippen molar-refractivity contribution in [3.63, 3.8) is 0 Å². The van der Waals surface area contributed by atoms with E-state index in [2.05, 4.69) is 47.2 Å². The van der Waals surface area contributed by atoms with Gasteiger partial charge in [-0.2, -0.15) is 19.0 Å². The number of carbonyl (C=O) groups excluding carboxylic acids is 2. The minimum absolute atomic E-state index is 0.100. The molecular weight excluding hydrogens is 850 g/mol. The number of carbonyl (C=O) groups is 2. The number of rotatable bonds is 11. The van der Waals surface area contributed by atoms with Crippen molar-refractivity contribution >= 4 is 70.4 Å². The van der Waals surface area contributed by atoms with Crippen LogP contribution in [0.25, 0.3) is 22.0 Å². The van der Waals surface area contributed by atoms with E-state index in [1.54, 1.807) is 51.2 Å². The first-order valence-electron chi connectivity index (χ1n) is 18.5. The van der Waals surface area contributed by atoms with Gasteiger partial charge in [0.2, 0.25) is 5.91 Å². The molecule has 3 aromatic heterocycles. The van der Waals surface area contributed by atoms with Crippen molar-refractivity contribution in [2.75, 3.05) is 24.1 Å². The molecule has 60 heavy (non-hydrogen) atoms. The molecule has 5 aromatic rings. The van der Waals surface area contributed by atoms with Crippen molar-refractivity contribution in [3.05, 3.63) is 87.2 Å². The predicted molar refractivity (Wildman–Crippen MR) is 223 cm³/mol. The van der Waals surface area contributed by atoms with E-state index in [9.17, 15) is 27.0 Å². The largest absolute Gasteiger partial charge is 0.447 e. The molecule has 316 valence electrons. The Labute approximate surface area is 349 Å². The number of cyclic esters (lactones) is 1. The van der Waals surface area contributed by atoms with Crippen molar-refractivity contribution in [1.29, 1.82) is 0 Å². The minimum atomic E-state index is -3.50. The number of aromatic nitrogens is 5. The summed E-state index contributed by atoms with van der Waals surface area (Å²) in [4.78, 5) is 32.9. The van der Waals surface area contributed by atoms with Crippen molar-refractivity contribution in [2.45, 2.75) is 63.6 Å². The first-order chi connectivity index (χ1) is 28.1. The van der Waals surface area contributed by atoms with E-state index in [1.165, 1.54) is 28.0 Å². The number of alkyl halides is 4. The lowest BCUT2D eigenvalue weighted by atomic mass is 9.93. The van der Waals surface area contributed by atoms with Crippen LogP contribution in [0.3, 0.4) is 0 Å². The van der Waals surface area contributed by atoms with E-state index < -0.39 is 75.8 Å². The molecule has 1 fully saturated rings. The smallest absolute Gasteiger partial charge is 0.411 e. The molecule has 1 aliphatic carbocycles. The van der Waals surface area contributed by atoms with Crippen LogP contribution in [0, 0.1) is 17.7 Å². The fraction of sp³-hybridized carbons (Fsp3) is 0.350. The molecule has 1 saturated heterocycles. The summed E-state index contributed by atoms with van der Waals surface area (Å²) in [6.07, 6.45) is -3.41. The van der Waals surface area contributed by atoms with Crippen molar-refractivity contribution in [3.8, 4) is 23.0 Å². The van der Waals surface area contributed by atoms with Gasteiger partial charge in [0.25, 0.3) is 12.3 Å². The number of anilines is 1. The summed E-state index contributed by atoms with van der Waals surface area (Å²) >= 11 is 6.72. The number of hydrogen-bond donors (Lipinski definition) is 2. The summed E-state index contributed by atoms with van der Waals surface area (Å²) in [6, 6.07) is 9.69. The van der Waals surface area contributed by atoms with Crippen LogP contribution in [-0.2, 0) is 51.6 Å². The molecule has 2 aliphatic rings. The fourth-order valence-electron chi connectivity index (χ4n) is 7.58. The highest BCUT2D eigenvalue weighted by Crippen LogP contribution is 2.45. The molecule has 2 unspecified atom stereocenters. The van der Waals surface area contributed by atoms with Gasteiger partial charge in [-0.3, -0.25) is 23.8 Å². The Hall–Kier alpha value is -5.24. The number of benzene rings is 2. The number of ether oxygens (including phenoxy) is 1. The van der Waals surface area contributed by atoms with Gasteiger partial charge in [0, 0.05) is 46.1 Å². The Balaban J connectivity index is 1.40. The van der Waals surface area contributed by atoms with Gasteiger partial charge in [-0.1, -0.05) is 29.7 Å². The highest BCUT2D eigenvalue weighted by molar-refractivity contribution is 8.00. The molecule has 3 atom stereocenters. The zero-order valence-electron chi connectivity index (χ0n) is 32.7. The average molecular weight is 889 g/mol. The summed E-state index contributed by atoms with van der Waals surface area (Å²) in [6.45, 7) is 3.15. The van der Waals surface area contributed by atoms with Crippen LogP contribution in [0.1, 0.15) is 66.6 Å². The zero-order chi connectivity index (χ0) is 43.5. The number of nitrogens with one attached hydrogen (secondary N) is 2. The second-order valence-corrected chi connectivity index (χ2v) is 18.5. The van der Waals surface area contributed by atoms with Crippen molar-refractivity contribution in [1.82, 2.24) is 34.8 Å². The molecule has 12 nitrogen and oxygen atoms in total. The molecule has 2 aromatic carbocycles. The number of halogens is 6. The third kappa shape index (κ3) is 8.66. The monoisotopic (exact) mass is 888 g/mol. The quantitative estimate of drug-likeness (QED) is 0.0674. The van der Waals surface area contributed by atoms with Crippen molar-refractivity contribution in [2.24, 2.45) is 7.05 Å². The van der Waals surface area contributed by atoms with Gasteiger partial charge in [0.15, 0.2) is 5.82 Å². The van der Waals surface area contributed by atoms with Gasteiger partial charge in [0.1, 0.15) is 41.6 Å². The van der Waals surface area contributed by atoms with Gasteiger partial charge < -0.3 is 10.1 Å². The van der Waals surface area contributed by atoms with E-state index in [4.69, 9.17) is 21.3 Å². The third-order valence-corrected chi connectivity index (χ3v) is 11.4. The number of nitrogens with zero attached hydrogens (tertiary/aromatic N) is 6. The molecular formula is C40H39ClF5N8O4PS. The summed E-state index contributed by atoms with van der Waals surface area (Å²) < 4.78 is 95.8. The molecule has 7 rings (SSSR count). The zero-order valence-corrected chi connectivity index (χ0v) is 35.4. The SMILES string of the molecule is C=S(C)(=O)Nc1nn(C)c2c(-c3ccc(C#CC(C)(C)N4CCOC4=O)nc3[C@H](Cc3cc(F)cc(P)c3)NC(=O)Cn3nc(C(F)F)c4c3C(F)(F)CC4)ccc(Cl)c12. The Bertz CT molecular complexity index is 2730. The number of pyridine rings is 1. The van der Waals surface area contributed by atoms with Gasteiger partial charge in [-0.15, -0.1) is 9.24 Å². The fourth-order valence-corrected chi connectivity index (χ4v) is 8.75. The van der Waals surface area contributed by atoms with Gasteiger partial charge in [-0.25, -0.2) is 27.2 Å².